The summed E-state index contributed by atoms with van der Waals surface area (Å²) in [5.41, 5.74) is 0. The van der Waals surface area contributed by atoms with Crippen LogP contribution in [0.4, 0.5) is 0 Å². The summed E-state index contributed by atoms with van der Waals surface area (Å²) in [5, 5.41) is 14.2. The zero-order chi connectivity index (χ0) is 67.6. The first-order chi connectivity index (χ1) is 45.5. The van der Waals surface area contributed by atoms with Gasteiger partial charge in [-0.15, -0.1) is 0 Å². The molecule has 0 aliphatic heterocycles. The van der Waals surface area contributed by atoms with Gasteiger partial charge in [0.15, 0.2) is 0 Å². The Labute approximate surface area is 577 Å². The van der Waals surface area contributed by atoms with Crippen LogP contribution in [0, 0.1) is 0 Å². The van der Waals surface area contributed by atoms with Gasteiger partial charge in [0, 0.05) is 6.42 Å². The predicted molar refractivity (Wildman–Crippen MR) is 410 cm³/mol. The molecule has 3 unspecified atom stereocenters. The van der Waals surface area contributed by atoms with E-state index < -0.39 is 20.0 Å². The highest BCUT2D eigenvalue weighted by molar-refractivity contribution is 7.47. The third-order valence-corrected chi connectivity index (χ3v) is 18.5. The quantitative estimate of drug-likeness (QED) is 0.0243. The fraction of sp³-hybridized carbons (Fsp3) is 0.750. The van der Waals surface area contributed by atoms with Gasteiger partial charge in [-0.1, -0.05) is 379 Å². The third kappa shape index (κ3) is 76.1. The Balaban J connectivity index is 4.05. The number of rotatable bonds is 72. The van der Waals surface area contributed by atoms with Gasteiger partial charge in [-0.25, -0.2) is 4.57 Å². The van der Waals surface area contributed by atoms with Crippen molar-refractivity contribution in [2.75, 3.05) is 40.9 Å². The van der Waals surface area contributed by atoms with Crippen molar-refractivity contribution in [1.29, 1.82) is 0 Å². The van der Waals surface area contributed by atoms with E-state index in [9.17, 15) is 19.4 Å². The van der Waals surface area contributed by atoms with E-state index in [1.165, 1.54) is 218 Å². The number of amides is 1. The monoisotopic (exact) mass is 1320 g/mol. The van der Waals surface area contributed by atoms with Gasteiger partial charge < -0.3 is 19.8 Å². The van der Waals surface area contributed by atoms with Crippen LogP contribution in [-0.4, -0.2) is 73.4 Å². The van der Waals surface area contributed by atoms with Gasteiger partial charge in [0.05, 0.1) is 39.9 Å². The number of aliphatic hydroxyl groups excluding tert-OH is 1. The molecule has 0 fully saturated rings. The average molecular weight is 1320 g/mol. The second kappa shape index (κ2) is 73.2. The molecule has 0 heterocycles. The summed E-state index contributed by atoms with van der Waals surface area (Å²) in [6, 6.07) is -0.776. The van der Waals surface area contributed by atoms with E-state index in [0.29, 0.717) is 23.9 Å². The maximum absolute atomic E-state index is 13.1. The van der Waals surface area contributed by atoms with Crippen LogP contribution >= 0.6 is 7.82 Å². The summed E-state index contributed by atoms with van der Waals surface area (Å²) in [6.45, 7) is 4.80. The summed E-state index contributed by atoms with van der Waals surface area (Å²) in [7, 11) is 1.61. The number of nitrogens with one attached hydrogen (secondary N) is 1. The predicted octanol–water partition coefficient (Wildman–Crippen LogP) is 25.9. The van der Waals surface area contributed by atoms with Crippen molar-refractivity contribution < 1.29 is 32.9 Å². The number of unbranched alkanes of at least 4 members (excludes halogenated alkanes) is 39. The van der Waals surface area contributed by atoms with E-state index in [1.807, 2.05) is 21.1 Å². The van der Waals surface area contributed by atoms with E-state index in [2.05, 4.69) is 141 Å². The van der Waals surface area contributed by atoms with Gasteiger partial charge in [0.25, 0.3) is 0 Å². The van der Waals surface area contributed by atoms with Crippen molar-refractivity contribution in [2.24, 2.45) is 0 Å². The number of hydrogen-bond acceptors (Lipinski definition) is 5. The minimum atomic E-state index is -4.34. The molecule has 0 saturated carbocycles. The van der Waals surface area contributed by atoms with E-state index in [-0.39, 0.29) is 19.1 Å². The van der Waals surface area contributed by atoms with Crippen molar-refractivity contribution in [3.8, 4) is 0 Å². The Bertz CT molecular complexity index is 1940. The molecule has 3 N–H and O–H groups in total. The number of carbonyl (C=O) groups is 1. The minimum Gasteiger partial charge on any atom is -0.391 e. The third-order valence-electron chi connectivity index (χ3n) is 17.5. The molecule has 0 saturated heterocycles. The maximum atomic E-state index is 13.1. The van der Waals surface area contributed by atoms with E-state index in [0.717, 1.165) is 109 Å². The number of nitrogens with zero attached hydrogens (tertiary/aromatic N) is 1. The number of carbonyl (C=O) groups excluding carboxylic acids is 1. The summed E-state index contributed by atoms with van der Waals surface area (Å²) >= 11 is 0. The highest BCUT2D eigenvalue weighted by Gasteiger charge is 2.28. The summed E-state index contributed by atoms with van der Waals surface area (Å²) in [6.07, 6.45) is 109. The topological polar surface area (TPSA) is 105 Å². The van der Waals surface area contributed by atoms with Gasteiger partial charge in [0.2, 0.25) is 5.91 Å². The van der Waals surface area contributed by atoms with Crippen LogP contribution in [-0.2, 0) is 18.4 Å². The molecule has 1 amide bonds. The SMILES string of the molecule is CC/C=C\C/C=C\C/C=C\C/C=C\C/C=C\C/C=C\C/C=C\C/C=C\C/C=C\C/C=C\CCCCCCCCCCC(=O)NC(COP(=O)(O)OCC[N+](C)(C)C)C(O)CCCCCCCCCCCCCCCCCCCCCCCCCCCCCCCCCC. The number of allylic oxidation sites excluding steroid dienone is 20. The van der Waals surface area contributed by atoms with Crippen LogP contribution in [0.2, 0.25) is 0 Å². The molecule has 0 spiro atoms. The van der Waals surface area contributed by atoms with Crippen molar-refractivity contribution >= 4 is 13.7 Å². The zero-order valence-corrected chi connectivity index (χ0v) is 62.6. The lowest BCUT2D eigenvalue weighted by atomic mass is 10.0. The Morgan fingerprint density at radius 1 is 0.376 bits per heavy atom. The number of phosphoric ester groups is 1. The first-order valence-electron chi connectivity index (χ1n) is 39.4. The molecule has 0 radical (unpaired) electrons. The molecule has 3 atom stereocenters. The molecule has 0 aromatic heterocycles. The Morgan fingerprint density at radius 2 is 0.645 bits per heavy atom. The van der Waals surface area contributed by atoms with Crippen molar-refractivity contribution in [2.45, 2.75) is 366 Å². The van der Waals surface area contributed by atoms with Crippen LogP contribution < -0.4 is 5.32 Å². The zero-order valence-electron chi connectivity index (χ0n) is 61.7. The van der Waals surface area contributed by atoms with Crippen LogP contribution in [0.25, 0.3) is 0 Å². The molecule has 8 nitrogen and oxygen atoms in total. The number of likely N-dealkylation sites (N-methyl/N-ethyl adjacent to an activating group) is 1. The molecule has 0 rings (SSSR count). The highest BCUT2D eigenvalue weighted by atomic mass is 31.2. The highest BCUT2D eigenvalue weighted by Crippen LogP contribution is 2.43. The van der Waals surface area contributed by atoms with Gasteiger partial charge in [-0.2, -0.15) is 0 Å². The number of quaternary nitrogens is 1. The minimum absolute atomic E-state index is 0.0682. The van der Waals surface area contributed by atoms with Gasteiger partial charge in [-0.3, -0.25) is 13.8 Å². The number of phosphoric acid groups is 1. The smallest absolute Gasteiger partial charge is 0.391 e. The number of aliphatic hydroxyl groups is 1. The second-order valence-corrected chi connectivity index (χ2v) is 29.2. The first kappa shape index (κ1) is 89.9. The molecule has 9 heteroatoms. The normalized spacial score (nSPS) is 14.2. The lowest BCUT2D eigenvalue weighted by Crippen LogP contribution is -2.46. The largest absolute Gasteiger partial charge is 0.472 e. The second-order valence-electron chi connectivity index (χ2n) is 27.7. The fourth-order valence-corrected chi connectivity index (χ4v) is 12.2. The molecule has 0 aliphatic carbocycles. The number of hydrogen-bond donors (Lipinski definition) is 3. The molecule has 93 heavy (non-hydrogen) atoms. The van der Waals surface area contributed by atoms with Gasteiger partial charge >= 0.3 is 7.82 Å². The van der Waals surface area contributed by atoms with Crippen LogP contribution in [0.15, 0.2) is 122 Å². The Morgan fingerprint density at radius 3 is 0.946 bits per heavy atom. The van der Waals surface area contributed by atoms with Crippen LogP contribution in [0.1, 0.15) is 354 Å². The molecule has 538 valence electrons. The van der Waals surface area contributed by atoms with E-state index in [4.69, 9.17) is 9.05 Å². The van der Waals surface area contributed by atoms with E-state index in [1.54, 1.807) is 0 Å². The molecule has 0 aromatic carbocycles. The summed E-state index contributed by atoms with van der Waals surface area (Å²) in [4.78, 5) is 23.5. The lowest BCUT2D eigenvalue weighted by Gasteiger charge is -2.26. The molecular weight excluding hydrogens is 1160 g/mol. The maximum Gasteiger partial charge on any atom is 0.472 e. The van der Waals surface area contributed by atoms with Crippen LogP contribution in [0.5, 0.6) is 0 Å². The standard InChI is InChI=1S/C84H151N2O6P/c1-6-8-10-12-14-16-18-20-22-24-26-28-30-32-34-36-38-40-41-42-43-44-45-46-48-50-52-54-56-58-60-62-64-66-68-70-72-74-76-78-84(88)85-82(81-92-93(89,90)91-80-79-86(3,4)5)83(87)77-75-73-71-69-67-65-63-61-59-57-55-53-51-49-47-39-37-35-33-31-29-27-25-23-21-19-17-15-13-11-9-7-2/h8,10,14,16,20,22,26,28,32,34,38,40,42-43,45-46,50,52,56,58,82-83,87H,6-7,9,11-13,15,17-19,21,23-25,27,29-31,33,35-37,39,41,44,47-49,51,53-55,57,59-81H2,1-5H3,(H-,85,88,89,90)/p+1/b10-8-,16-14-,22-20-,28-26-,34-32-,40-38-,43-42-,46-45-,52-50-,58-56-. The van der Waals surface area contributed by atoms with Gasteiger partial charge in [0.1, 0.15) is 13.2 Å². The fourth-order valence-electron chi connectivity index (χ4n) is 11.4. The van der Waals surface area contributed by atoms with Crippen molar-refractivity contribution in [1.82, 2.24) is 5.32 Å². The Kier molecular flexibility index (Phi) is 70.7. The van der Waals surface area contributed by atoms with Crippen molar-refractivity contribution in [3.05, 3.63) is 122 Å². The van der Waals surface area contributed by atoms with Gasteiger partial charge in [-0.05, 0) is 89.9 Å². The molecular formula is C84H152N2O6P+. The Hall–Kier alpha value is -3.10. The summed E-state index contributed by atoms with van der Waals surface area (Å²) < 4.78 is 23.9. The molecule has 0 aliphatic rings. The first-order valence-corrected chi connectivity index (χ1v) is 40.9. The van der Waals surface area contributed by atoms with E-state index >= 15 is 0 Å². The molecule has 0 bridgehead atoms. The van der Waals surface area contributed by atoms with Crippen LogP contribution in [0.3, 0.4) is 0 Å². The van der Waals surface area contributed by atoms with Crippen molar-refractivity contribution in [3.63, 3.8) is 0 Å². The summed E-state index contributed by atoms with van der Waals surface area (Å²) in [5.74, 6) is -0.153. The lowest BCUT2D eigenvalue weighted by molar-refractivity contribution is -0.870. The average Bonchev–Trinajstić information content (AvgIpc) is 1.94. The molecule has 0 aromatic rings.